The van der Waals surface area contributed by atoms with Crippen LogP contribution in [0, 0.1) is 0 Å². The molecule has 1 amide bonds. The molecule has 144 valence electrons. The van der Waals surface area contributed by atoms with Gasteiger partial charge in [-0.2, -0.15) is 11.3 Å². The van der Waals surface area contributed by atoms with Crippen molar-refractivity contribution in [3.05, 3.63) is 73.3 Å². The Kier molecular flexibility index (Phi) is 4.95. The molecule has 1 N–H and O–H groups in total. The standard InChI is InChI=1S/C20H20N4O3S/c1-23-6-2-14(10-18(23)26)20(27)24-7-3-13(4-8-24)19-21-16(11-17(25)22-19)15-5-9-28-12-15/h2,5-6,9-13H,3-4,7-8H2,1H3,(H,21,22,25). The zero-order chi connectivity index (χ0) is 19.7. The molecular weight excluding hydrogens is 376 g/mol. The normalized spacial score (nSPS) is 15.0. The van der Waals surface area contributed by atoms with Gasteiger partial charge in [-0.25, -0.2) is 4.98 Å². The molecular formula is C20H20N4O3S. The molecule has 3 aromatic rings. The second-order valence-corrected chi connectivity index (χ2v) is 7.74. The third-order valence-corrected chi connectivity index (χ3v) is 5.78. The van der Waals surface area contributed by atoms with Crippen molar-refractivity contribution in [2.75, 3.05) is 13.1 Å². The molecule has 1 aliphatic rings. The van der Waals surface area contributed by atoms with Crippen LogP contribution in [-0.4, -0.2) is 38.4 Å². The minimum absolute atomic E-state index is 0.0963. The molecule has 0 spiro atoms. The van der Waals surface area contributed by atoms with Crippen molar-refractivity contribution in [2.45, 2.75) is 18.8 Å². The Balaban J connectivity index is 1.48. The maximum atomic E-state index is 12.7. The summed E-state index contributed by atoms with van der Waals surface area (Å²) in [5.41, 5.74) is 1.67. The Hall–Kier alpha value is -3.00. The van der Waals surface area contributed by atoms with Crippen LogP contribution in [0.3, 0.4) is 0 Å². The van der Waals surface area contributed by atoms with Crippen molar-refractivity contribution in [2.24, 2.45) is 7.05 Å². The first-order valence-electron chi connectivity index (χ1n) is 9.11. The summed E-state index contributed by atoms with van der Waals surface area (Å²) >= 11 is 1.56. The monoisotopic (exact) mass is 396 g/mol. The summed E-state index contributed by atoms with van der Waals surface area (Å²) in [6.45, 7) is 1.12. The van der Waals surface area contributed by atoms with Crippen molar-refractivity contribution in [3.8, 4) is 11.3 Å². The fraction of sp³-hybridized carbons (Fsp3) is 0.300. The van der Waals surface area contributed by atoms with Gasteiger partial charge in [0.2, 0.25) is 0 Å². The average Bonchev–Trinajstić information content (AvgIpc) is 3.24. The number of aromatic amines is 1. The molecule has 0 saturated carbocycles. The highest BCUT2D eigenvalue weighted by Gasteiger charge is 2.26. The number of rotatable bonds is 3. The van der Waals surface area contributed by atoms with E-state index in [0.29, 0.717) is 43.0 Å². The van der Waals surface area contributed by atoms with Gasteiger partial charge < -0.3 is 14.5 Å². The molecule has 0 aromatic carbocycles. The number of H-pyrrole nitrogens is 1. The Morgan fingerprint density at radius 3 is 2.68 bits per heavy atom. The summed E-state index contributed by atoms with van der Waals surface area (Å²) in [5, 5.41) is 3.93. The topological polar surface area (TPSA) is 88.1 Å². The van der Waals surface area contributed by atoms with Crippen molar-refractivity contribution in [1.29, 1.82) is 0 Å². The molecule has 0 radical (unpaired) electrons. The van der Waals surface area contributed by atoms with Crippen molar-refractivity contribution in [1.82, 2.24) is 19.4 Å². The highest BCUT2D eigenvalue weighted by Crippen LogP contribution is 2.27. The van der Waals surface area contributed by atoms with E-state index in [1.165, 1.54) is 16.7 Å². The van der Waals surface area contributed by atoms with Gasteiger partial charge in [0.25, 0.3) is 17.0 Å². The van der Waals surface area contributed by atoms with Gasteiger partial charge in [0.1, 0.15) is 5.82 Å². The lowest BCUT2D eigenvalue weighted by Gasteiger charge is -2.31. The van der Waals surface area contributed by atoms with Gasteiger partial charge in [0.05, 0.1) is 5.69 Å². The molecule has 0 aliphatic carbocycles. The number of aryl methyl sites for hydroxylation is 1. The van der Waals surface area contributed by atoms with Crippen molar-refractivity contribution < 1.29 is 4.79 Å². The number of pyridine rings is 1. The quantitative estimate of drug-likeness (QED) is 0.735. The number of likely N-dealkylation sites (tertiary alicyclic amines) is 1. The molecule has 1 fully saturated rings. The summed E-state index contributed by atoms with van der Waals surface area (Å²) < 4.78 is 1.44. The second kappa shape index (κ2) is 7.55. The summed E-state index contributed by atoms with van der Waals surface area (Å²) in [7, 11) is 1.65. The molecule has 1 saturated heterocycles. The van der Waals surface area contributed by atoms with Crippen LogP contribution in [-0.2, 0) is 7.05 Å². The van der Waals surface area contributed by atoms with E-state index >= 15 is 0 Å². The number of thiophene rings is 1. The molecule has 3 aromatic heterocycles. The first kappa shape index (κ1) is 18.4. The molecule has 28 heavy (non-hydrogen) atoms. The Bertz CT molecular complexity index is 1110. The fourth-order valence-corrected chi connectivity index (χ4v) is 4.10. The van der Waals surface area contributed by atoms with Gasteiger partial charge in [-0.1, -0.05) is 0 Å². The minimum atomic E-state index is -0.201. The largest absolute Gasteiger partial charge is 0.339 e. The van der Waals surface area contributed by atoms with E-state index < -0.39 is 0 Å². The fourth-order valence-electron chi connectivity index (χ4n) is 3.45. The number of nitrogens with one attached hydrogen (secondary N) is 1. The lowest BCUT2D eigenvalue weighted by Crippen LogP contribution is -2.39. The summed E-state index contributed by atoms with van der Waals surface area (Å²) in [5.74, 6) is 0.637. The third kappa shape index (κ3) is 3.68. The molecule has 4 rings (SSSR count). The van der Waals surface area contributed by atoms with E-state index in [1.54, 1.807) is 35.5 Å². The third-order valence-electron chi connectivity index (χ3n) is 5.10. The van der Waals surface area contributed by atoms with Crippen LogP contribution in [0.15, 0.2) is 50.8 Å². The number of carbonyl (C=O) groups is 1. The van der Waals surface area contributed by atoms with Gasteiger partial charge in [-0.05, 0) is 30.4 Å². The first-order valence-corrected chi connectivity index (χ1v) is 10.1. The van der Waals surface area contributed by atoms with Crippen LogP contribution in [0.2, 0.25) is 0 Å². The number of amides is 1. The van der Waals surface area contributed by atoms with Gasteiger partial charge in [0.15, 0.2) is 0 Å². The zero-order valence-corrected chi connectivity index (χ0v) is 16.2. The Labute approximate surface area is 165 Å². The molecule has 0 atom stereocenters. The van der Waals surface area contributed by atoms with Crippen molar-refractivity contribution in [3.63, 3.8) is 0 Å². The van der Waals surface area contributed by atoms with Crippen LogP contribution in [0.1, 0.15) is 34.9 Å². The number of hydrogen-bond acceptors (Lipinski definition) is 5. The highest BCUT2D eigenvalue weighted by atomic mass is 32.1. The number of carbonyl (C=O) groups excluding carboxylic acids is 1. The van der Waals surface area contributed by atoms with E-state index in [0.717, 1.165) is 5.56 Å². The van der Waals surface area contributed by atoms with Crippen LogP contribution in [0.5, 0.6) is 0 Å². The number of aromatic nitrogens is 3. The van der Waals surface area contributed by atoms with E-state index in [-0.39, 0.29) is 22.9 Å². The smallest absolute Gasteiger partial charge is 0.254 e. The molecule has 8 heteroatoms. The Morgan fingerprint density at radius 1 is 1.21 bits per heavy atom. The lowest BCUT2D eigenvalue weighted by atomic mass is 9.95. The van der Waals surface area contributed by atoms with Crippen LogP contribution in [0.4, 0.5) is 0 Å². The molecule has 7 nitrogen and oxygen atoms in total. The second-order valence-electron chi connectivity index (χ2n) is 6.96. The maximum Gasteiger partial charge on any atom is 0.254 e. The van der Waals surface area contributed by atoms with E-state index in [4.69, 9.17) is 0 Å². The van der Waals surface area contributed by atoms with E-state index in [1.807, 2.05) is 16.8 Å². The predicted octanol–water partition coefficient (Wildman–Crippen LogP) is 2.22. The van der Waals surface area contributed by atoms with Gasteiger partial charge in [0, 0.05) is 60.9 Å². The molecule has 4 heterocycles. The SMILES string of the molecule is Cn1ccc(C(=O)N2CCC(c3nc(-c4ccsc4)cc(=O)[nH]3)CC2)cc1=O. The Morgan fingerprint density at radius 2 is 2.00 bits per heavy atom. The van der Waals surface area contributed by atoms with E-state index in [9.17, 15) is 14.4 Å². The van der Waals surface area contributed by atoms with Crippen molar-refractivity contribution >= 4 is 17.2 Å². The van der Waals surface area contributed by atoms with Gasteiger partial charge >= 0.3 is 0 Å². The maximum absolute atomic E-state index is 12.7. The summed E-state index contributed by atoms with van der Waals surface area (Å²) in [4.78, 5) is 45.8. The highest BCUT2D eigenvalue weighted by molar-refractivity contribution is 7.08. The summed E-state index contributed by atoms with van der Waals surface area (Å²) in [6.07, 6.45) is 3.03. The molecule has 0 unspecified atom stereocenters. The first-order chi connectivity index (χ1) is 13.5. The van der Waals surface area contributed by atoms with Crippen LogP contribution >= 0.6 is 11.3 Å². The van der Waals surface area contributed by atoms with Crippen LogP contribution in [0.25, 0.3) is 11.3 Å². The lowest BCUT2D eigenvalue weighted by molar-refractivity contribution is 0.0710. The minimum Gasteiger partial charge on any atom is -0.339 e. The van der Waals surface area contributed by atoms with Gasteiger partial charge in [-0.3, -0.25) is 14.4 Å². The predicted molar refractivity (Wildman–Crippen MR) is 108 cm³/mol. The molecule has 0 bridgehead atoms. The van der Waals surface area contributed by atoms with E-state index in [2.05, 4.69) is 9.97 Å². The zero-order valence-electron chi connectivity index (χ0n) is 15.4. The molecule has 1 aliphatic heterocycles. The number of piperidine rings is 1. The van der Waals surface area contributed by atoms with Crippen LogP contribution < -0.4 is 11.1 Å². The number of hydrogen-bond donors (Lipinski definition) is 1. The average molecular weight is 396 g/mol. The summed E-state index contributed by atoms with van der Waals surface area (Å²) in [6, 6.07) is 6.50. The van der Waals surface area contributed by atoms with Gasteiger partial charge in [-0.15, -0.1) is 0 Å². The number of nitrogens with zero attached hydrogens (tertiary/aromatic N) is 3.